The monoisotopic (exact) mass is 290 g/mol. The van der Waals surface area contributed by atoms with Crippen molar-refractivity contribution in [2.75, 3.05) is 25.9 Å². The Morgan fingerprint density at radius 3 is 2.62 bits per heavy atom. The van der Waals surface area contributed by atoms with Gasteiger partial charge in [0.2, 0.25) is 5.91 Å². The van der Waals surface area contributed by atoms with Crippen molar-refractivity contribution < 1.29 is 14.3 Å². The molecule has 1 heterocycles. The minimum absolute atomic E-state index is 0.00797. The molecule has 2 unspecified atom stereocenters. The molecular weight excluding hydrogens is 268 g/mol. The van der Waals surface area contributed by atoms with Gasteiger partial charge in [-0.15, -0.1) is 0 Å². The third-order valence-electron chi connectivity index (χ3n) is 3.40. The second-order valence-corrected chi connectivity index (χ2v) is 5.34. The SMILES string of the molecule is COc1ccc(/C=C\C(=O)N2CC(C)OC(C)C2)cc1N. The lowest BCUT2D eigenvalue weighted by molar-refractivity contribution is -0.137. The molecule has 0 spiro atoms. The highest BCUT2D eigenvalue weighted by molar-refractivity contribution is 5.92. The van der Waals surface area contributed by atoms with E-state index in [9.17, 15) is 4.79 Å². The zero-order chi connectivity index (χ0) is 15.4. The normalized spacial score (nSPS) is 22.5. The van der Waals surface area contributed by atoms with Crippen LogP contribution in [0, 0.1) is 0 Å². The molecule has 2 N–H and O–H groups in total. The molecule has 5 heteroatoms. The third kappa shape index (κ3) is 3.98. The summed E-state index contributed by atoms with van der Waals surface area (Å²) in [6.07, 6.45) is 3.49. The summed E-state index contributed by atoms with van der Waals surface area (Å²) in [6, 6.07) is 5.44. The molecule has 5 nitrogen and oxygen atoms in total. The number of rotatable bonds is 3. The van der Waals surface area contributed by atoms with Gasteiger partial charge in [-0.2, -0.15) is 0 Å². The number of hydrogen-bond donors (Lipinski definition) is 1. The lowest BCUT2D eigenvalue weighted by Gasteiger charge is -2.34. The van der Waals surface area contributed by atoms with Gasteiger partial charge in [0, 0.05) is 19.2 Å². The van der Waals surface area contributed by atoms with E-state index in [0.29, 0.717) is 24.5 Å². The van der Waals surface area contributed by atoms with Crippen LogP contribution in [0.25, 0.3) is 6.08 Å². The molecule has 114 valence electrons. The number of anilines is 1. The first-order valence-corrected chi connectivity index (χ1v) is 7.05. The Balaban J connectivity index is 2.03. The number of nitrogens with zero attached hydrogens (tertiary/aromatic N) is 1. The Kier molecular flexibility index (Phi) is 4.85. The molecule has 0 radical (unpaired) electrons. The van der Waals surface area contributed by atoms with Crippen molar-refractivity contribution in [3.05, 3.63) is 29.8 Å². The van der Waals surface area contributed by atoms with Crippen LogP contribution in [-0.4, -0.2) is 43.2 Å². The highest BCUT2D eigenvalue weighted by Gasteiger charge is 2.24. The number of methoxy groups -OCH3 is 1. The van der Waals surface area contributed by atoms with E-state index in [1.807, 2.05) is 24.8 Å². The van der Waals surface area contributed by atoms with Crippen molar-refractivity contribution in [1.82, 2.24) is 4.90 Å². The molecule has 1 aromatic carbocycles. The van der Waals surface area contributed by atoms with Crippen molar-refractivity contribution in [2.24, 2.45) is 0 Å². The van der Waals surface area contributed by atoms with Crippen molar-refractivity contribution in [3.63, 3.8) is 0 Å². The first kappa shape index (κ1) is 15.4. The summed E-state index contributed by atoms with van der Waals surface area (Å²) in [7, 11) is 1.57. The van der Waals surface area contributed by atoms with Gasteiger partial charge < -0.3 is 20.1 Å². The van der Waals surface area contributed by atoms with Crippen LogP contribution in [0.3, 0.4) is 0 Å². The number of carbonyl (C=O) groups excluding carboxylic acids is 1. The van der Waals surface area contributed by atoms with E-state index >= 15 is 0 Å². The number of nitrogen functional groups attached to an aromatic ring is 1. The zero-order valence-corrected chi connectivity index (χ0v) is 12.7. The second-order valence-electron chi connectivity index (χ2n) is 5.34. The topological polar surface area (TPSA) is 64.8 Å². The molecule has 1 aliphatic rings. The lowest BCUT2D eigenvalue weighted by Crippen LogP contribution is -2.47. The average Bonchev–Trinajstić information content (AvgIpc) is 2.43. The molecule has 1 aliphatic heterocycles. The predicted molar refractivity (Wildman–Crippen MR) is 83.0 cm³/mol. The van der Waals surface area contributed by atoms with E-state index in [1.165, 1.54) is 0 Å². The number of morpholine rings is 1. The number of amides is 1. The molecule has 1 fully saturated rings. The smallest absolute Gasteiger partial charge is 0.246 e. The van der Waals surface area contributed by atoms with Crippen molar-refractivity contribution in [3.8, 4) is 5.75 Å². The van der Waals surface area contributed by atoms with Crippen LogP contribution in [0.2, 0.25) is 0 Å². The summed E-state index contributed by atoms with van der Waals surface area (Å²) in [6.45, 7) is 5.20. The minimum atomic E-state index is -0.00797. The molecular formula is C16H22N2O3. The number of carbonyl (C=O) groups is 1. The molecule has 0 aromatic heterocycles. The summed E-state index contributed by atoms with van der Waals surface area (Å²) in [5.41, 5.74) is 7.27. The van der Waals surface area contributed by atoms with Crippen LogP contribution in [0.15, 0.2) is 24.3 Å². The van der Waals surface area contributed by atoms with Crippen LogP contribution < -0.4 is 10.5 Å². The summed E-state index contributed by atoms with van der Waals surface area (Å²) in [5.74, 6) is 0.626. The largest absolute Gasteiger partial charge is 0.495 e. The van der Waals surface area contributed by atoms with Crippen LogP contribution in [0.5, 0.6) is 5.75 Å². The fraction of sp³-hybridized carbons (Fsp3) is 0.438. The maximum atomic E-state index is 12.2. The molecule has 0 bridgehead atoms. The van der Waals surface area contributed by atoms with Gasteiger partial charge in [0.05, 0.1) is 25.0 Å². The van der Waals surface area contributed by atoms with E-state index in [0.717, 1.165) is 5.56 Å². The molecule has 1 saturated heterocycles. The van der Waals surface area contributed by atoms with E-state index in [-0.39, 0.29) is 18.1 Å². The lowest BCUT2D eigenvalue weighted by atomic mass is 10.1. The van der Waals surface area contributed by atoms with Crippen LogP contribution in [0.4, 0.5) is 5.69 Å². The summed E-state index contributed by atoms with van der Waals surface area (Å²) in [4.78, 5) is 14.0. The van der Waals surface area contributed by atoms with Gasteiger partial charge in [-0.3, -0.25) is 4.79 Å². The van der Waals surface area contributed by atoms with Crippen LogP contribution >= 0.6 is 0 Å². The van der Waals surface area contributed by atoms with Gasteiger partial charge in [-0.1, -0.05) is 6.07 Å². The maximum absolute atomic E-state index is 12.2. The molecule has 2 atom stereocenters. The van der Waals surface area contributed by atoms with E-state index in [2.05, 4.69) is 0 Å². The Morgan fingerprint density at radius 1 is 1.38 bits per heavy atom. The van der Waals surface area contributed by atoms with Gasteiger partial charge in [0.15, 0.2) is 0 Å². The first-order valence-electron chi connectivity index (χ1n) is 7.05. The number of nitrogens with two attached hydrogens (primary N) is 1. The van der Waals surface area contributed by atoms with Crippen molar-refractivity contribution >= 4 is 17.7 Å². The van der Waals surface area contributed by atoms with E-state index in [1.54, 1.807) is 31.4 Å². The number of ether oxygens (including phenoxy) is 2. The maximum Gasteiger partial charge on any atom is 0.246 e. The molecule has 0 aliphatic carbocycles. The molecule has 21 heavy (non-hydrogen) atoms. The summed E-state index contributed by atoms with van der Waals surface area (Å²) < 4.78 is 10.7. The summed E-state index contributed by atoms with van der Waals surface area (Å²) >= 11 is 0. The summed E-state index contributed by atoms with van der Waals surface area (Å²) in [5, 5.41) is 0. The van der Waals surface area contributed by atoms with E-state index in [4.69, 9.17) is 15.2 Å². The van der Waals surface area contributed by atoms with Gasteiger partial charge in [-0.05, 0) is 37.6 Å². The molecule has 1 aromatic rings. The van der Waals surface area contributed by atoms with E-state index < -0.39 is 0 Å². The first-order chi connectivity index (χ1) is 9.99. The van der Waals surface area contributed by atoms with Crippen LogP contribution in [-0.2, 0) is 9.53 Å². The Labute approximate surface area is 125 Å². The quantitative estimate of drug-likeness (QED) is 0.682. The van der Waals surface area contributed by atoms with Gasteiger partial charge in [-0.25, -0.2) is 0 Å². The van der Waals surface area contributed by atoms with Crippen molar-refractivity contribution in [2.45, 2.75) is 26.1 Å². The molecule has 0 saturated carbocycles. The van der Waals surface area contributed by atoms with Crippen LogP contribution in [0.1, 0.15) is 19.4 Å². The fourth-order valence-electron chi connectivity index (χ4n) is 2.49. The Hall–Kier alpha value is -2.01. The van der Waals surface area contributed by atoms with Gasteiger partial charge in [0.1, 0.15) is 5.75 Å². The zero-order valence-electron chi connectivity index (χ0n) is 12.7. The molecule has 2 rings (SSSR count). The van der Waals surface area contributed by atoms with Gasteiger partial charge in [0.25, 0.3) is 0 Å². The Bertz CT molecular complexity index is 532. The van der Waals surface area contributed by atoms with Crippen molar-refractivity contribution in [1.29, 1.82) is 0 Å². The molecule has 1 amide bonds. The standard InChI is InChI=1S/C16H22N2O3/c1-11-9-18(10-12(2)21-11)16(19)7-5-13-4-6-15(20-3)14(17)8-13/h4-8,11-12H,9-10,17H2,1-3H3/b7-5-. The second kappa shape index (κ2) is 6.63. The fourth-order valence-corrected chi connectivity index (χ4v) is 2.49. The highest BCUT2D eigenvalue weighted by Crippen LogP contribution is 2.22. The minimum Gasteiger partial charge on any atom is -0.495 e. The van der Waals surface area contributed by atoms with Gasteiger partial charge >= 0.3 is 0 Å². The third-order valence-corrected chi connectivity index (χ3v) is 3.40. The Morgan fingerprint density at radius 2 is 2.05 bits per heavy atom. The number of benzene rings is 1. The number of hydrogen-bond acceptors (Lipinski definition) is 4. The highest BCUT2D eigenvalue weighted by atomic mass is 16.5. The average molecular weight is 290 g/mol. The predicted octanol–water partition coefficient (Wildman–Crippen LogP) is 1.93.